The summed E-state index contributed by atoms with van der Waals surface area (Å²) in [5.74, 6) is -1.33. The molecule has 0 amide bonds. The fraction of sp³-hybridized carbons (Fsp3) is 0.579. The number of esters is 2. The van der Waals surface area contributed by atoms with Crippen LogP contribution in [0.1, 0.15) is 31.1 Å². The van der Waals surface area contributed by atoms with E-state index in [-0.39, 0.29) is 18.5 Å². The third-order valence-corrected chi connectivity index (χ3v) is 5.83. The summed E-state index contributed by atoms with van der Waals surface area (Å²) in [4.78, 5) is 24.3. The van der Waals surface area contributed by atoms with Gasteiger partial charge in [-0.3, -0.25) is 9.36 Å². The van der Waals surface area contributed by atoms with Crippen molar-refractivity contribution in [1.29, 1.82) is 0 Å². The van der Waals surface area contributed by atoms with E-state index in [2.05, 4.69) is 0 Å². The molecular formula is C19H27O9P. The zero-order valence-corrected chi connectivity index (χ0v) is 17.8. The molecule has 2 unspecified atom stereocenters. The number of rotatable bonds is 9. The van der Waals surface area contributed by atoms with Crippen molar-refractivity contribution in [2.45, 2.75) is 44.9 Å². The molecule has 1 aromatic rings. The Balaban J connectivity index is 2.26. The maximum Gasteiger partial charge on any atom is 0.338 e. The van der Waals surface area contributed by atoms with Crippen LogP contribution in [0.4, 0.5) is 0 Å². The zero-order valence-electron chi connectivity index (χ0n) is 16.9. The lowest BCUT2D eigenvalue weighted by atomic mass is 9.94. The van der Waals surface area contributed by atoms with E-state index >= 15 is 0 Å². The van der Waals surface area contributed by atoms with Crippen LogP contribution in [0.3, 0.4) is 0 Å². The summed E-state index contributed by atoms with van der Waals surface area (Å²) in [5, 5.41) is 9.78. The SMILES string of the molecule is CCOP(C)(=O)CO[C@H]1O[C@@H](CO)[C@](C)(OC(=O)c2ccccc2)C1OC(C)=O. The lowest BCUT2D eigenvalue weighted by Crippen LogP contribution is -2.52. The minimum absolute atomic E-state index is 0.238. The molecule has 0 saturated carbocycles. The van der Waals surface area contributed by atoms with Gasteiger partial charge < -0.3 is 28.6 Å². The second-order valence-electron chi connectivity index (χ2n) is 6.87. The average molecular weight is 430 g/mol. The summed E-state index contributed by atoms with van der Waals surface area (Å²) in [7, 11) is -3.06. The predicted molar refractivity (Wildman–Crippen MR) is 103 cm³/mol. The number of aliphatic hydroxyl groups is 1. The smallest absolute Gasteiger partial charge is 0.338 e. The molecular weight excluding hydrogens is 403 g/mol. The van der Waals surface area contributed by atoms with Gasteiger partial charge >= 0.3 is 11.9 Å². The number of aliphatic hydroxyl groups excluding tert-OH is 1. The Morgan fingerprint density at radius 2 is 1.93 bits per heavy atom. The molecule has 0 bridgehead atoms. The Kier molecular flexibility index (Phi) is 7.96. The maximum atomic E-state index is 12.6. The second-order valence-corrected chi connectivity index (χ2v) is 9.42. The predicted octanol–water partition coefficient (Wildman–Crippen LogP) is 2.17. The number of carbonyl (C=O) groups is 2. The van der Waals surface area contributed by atoms with E-state index in [1.54, 1.807) is 37.3 Å². The van der Waals surface area contributed by atoms with Crippen LogP contribution >= 0.6 is 7.37 Å². The molecule has 1 aliphatic heterocycles. The third-order valence-electron chi connectivity index (χ3n) is 4.41. The molecule has 9 nitrogen and oxygen atoms in total. The number of hydrogen-bond donors (Lipinski definition) is 1. The first-order valence-corrected chi connectivity index (χ1v) is 11.4. The summed E-state index contributed by atoms with van der Waals surface area (Å²) >= 11 is 0. The Hall–Kier alpha value is -1.77. The quantitative estimate of drug-likeness (QED) is 0.464. The molecule has 0 aliphatic carbocycles. The summed E-state index contributed by atoms with van der Waals surface area (Å²) in [5.41, 5.74) is -1.26. The molecule has 1 aromatic carbocycles. The first-order chi connectivity index (χ1) is 13.6. The second kappa shape index (κ2) is 9.82. The highest BCUT2D eigenvalue weighted by Gasteiger charge is 2.59. The van der Waals surface area contributed by atoms with Gasteiger partial charge in [-0.1, -0.05) is 18.2 Å². The van der Waals surface area contributed by atoms with E-state index in [4.69, 9.17) is 23.5 Å². The normalized spacial score (nSPS) is 28.5. The van der Waals surface area contributed by atoms with E-state index in [0.717, 1.165) is 0 Å². The maximum absolute atomic E-state index is 12.6. The number of hydrogen-bond acceptors (Lipinski definition) is 9. The standard InChI is InChI=1S/C19H27O9P/c1-5-25-29(4,23)12-24-18-16(26-13(2)21)19(3,15(11-20)27-18)28-17(22)14-9-7-6-8-10-14/h6-10,15-16,18,20H,5,11-12H2,1-4H3/t15-,16?,18-,19-,29?/m0/s1. The van der Waals surface area contributed by atoms with Gasteiger partial charge in [-0.05, 0) is 26.0 Å². The van der Waals surface area contributed by atoms with Crippen molar-refractivity contribution in [3.63, 3.8) is 0 Å². The van der Waals surface area contributed by atoms with Crippen LogP contribution in [0.5, 0.6) is 0 Å². The molecule has 1 fully saturated rings. The van der Waals surface area contributed by atoms with Crippen molar-refractivity contribution in [2.24, 2.45) is 0 Å². The van der Waals surface area contributed by atoms with Crippen LogP contribution in [-0.2, 0) is 32.8 Å². The summed E-state index contributed by atoms with van der Waals surface area (Å²) < 4.78 is 39.7. The molecule has 162 valence electrons. The van der Waals surface area contributed by atoms with Gasteiger partial charge in [0.2, 0.25) is 7.37 Å². The zero-order chi connectivity index (χ0) is 21.7. The summed E-state index contributed by atoms with van der Waals surface area (Å²) in [6.45, 7) is 5.50. The number of carbonyl (C=O) groups excluding carboxylic acids is 2. The van der Waals surface area contributed by atoms with Crippen molar-refractivity contribution in [2.75, 3.05) is 26.2 Å². The van der Waals surface area contributed by atoms with Gasteiger partial charge in [0.25, 0.3) is 0 Å². The highest BCUT2D eigenvalue weighted by Crippen LogP contribution is 2.45. The Morgan fingerprint density at radius 1 is 1.28 bits per heavy atom. The average Bonchev–Trinajstić information content (AvgIpc) is 2.91. The lowest BCUT2D eigenvalue weighted by molar-refractivity contribution is -0.185. The van der Waals surface area contributed by atoms with Crippen molar-refractivity contribution in [3.8, 4) is 0 Å². The van der Waals surface area contributed by atoms with Gasteiger partial charge in [-0.2, -0.15) is 0 Å². The van der Waals surface area contributed by atoms with E-state index < -0.39 is 50.0 Å². The first kappa shape index (κ1) is 23.5. The van der Waals surface area contributed by atoms with Crippen molar-refractivity contribution < 1.29 is 42.7 Å². The van der Waals surface area contributed by atoms with Gasteiger partial charge in [0.05, 0.1) is 18.8 Å². The van der Waals surface area contributed by atoms with E-state index in [0.29, 0.717) is 0 Å². The molecule has 0 spiro atoms. The van der Waals surface area contributed by atoms with Gasteiger partial charge in [-0.25, -0.2) is 4.79 Å². The monoisotopic (exact) mass is 430 g/mol. The van der Waals surface area contributed by atoms with Crippen molar-refractivity contribution in [1.82, 2.24) is 0 Å². The highest BCUT2D eigenvalue weighted by atomic mass is 31.2. The van der Waals surface area contributed by atoms with E-state index in [9.17, 15) is 19.3 Å². The van der Waals surface area contributed by atoms with Gasteiger partial charge in [-0.15, -0.1) is 0 Å². The molecule has 1 heterocycles. The number of ether oxygens (including phenoxy) is 4. The molecule has 1 saturated heterocycles. The topological polar surface area (TPSA) is 118 Å². The van der Waals surface area contributed by atoms with Crippen LogP contribution in [-0.4, -0.2) is 67.4 Å². The molecule has 0 aromatic heterocycles. The van der Waals surface area contributed by atoms with Crippen LogP contribution in [0.25, 0.3) is 0 Å². The molecule has 29 heavy (non-hydrogen) atoms. The van der Waals surface area contributed by atoms with Gasteiger partial charge in [0.15, 0.2) is 18.0 Å². The molecule has 0 radical (unpaired) electrons. The van der Waals surface area contributed by atoms with Crippen LogP contribution < -0.4 is 0 Å². The van der Waals surface area contributed by atoms with Crippen LogP contribution in [0, 0.1) is 0 Å². The van der Waals surface area contributed by atoms with Crippen molar-refractivity contribution in [3.05, 3.63) is 35.9 Å². The van der Waals surface area contributed by atoms with E-state index in [1.807, 2.05) is 0 Å². The molecule has 5 atom stereocenters. The Bertz CT molecular complexity index is 753. The van der Waals surface area contributed by atoms with Gasteiger partial charge in [0.1, 0.15) is 12.5 Å². The van der Waals surface area contributed by atoms with Crippen LogP contribution in [0.15, 0.2) is 30.3 Å². The third kappa shape index (κ3) is 5.87. The molecule has 2 rings (SSSR count). The lowest BCUT2D eigenvalue weighted by Gasteiger charge is -2.33. The highest BCUT2D eigenvalue weighted by molar-refractivity contribution is 7.57. The fourth-order valence-corrected chi connectivity index (χ4v) is 4.04. The van der Waals surface area contributed by atoms with Crippen molar-refractivity contribution >= 4 is 19.3 Å². The van der Waals surface area contributed by atoms with Crippen LogP contribution in [0.2, 0.25) is 0 Å². The summed E-state index contributed by atoms with van der Waals surface area (Å²) in [6, 6.07) is 8.24. The fourth-order valence-electron chi connectivity index (χ4n) is 3.00. The molecule has 10 heteroatoms. The summed E-state index contributed by atoms with van der Waals surface area (Å²) in [6.07, 6.45) is -3.73. The molecule has 1 N–H and O–H groups in total. The van der Waals surface area contributed by atoms with Gasteiger partial charge in [0, 0.05) is 13.6 Å². The largest absolute Gasteiger partial charge is 0.453 e. The number of benzene rings is 1. The Morgan fingerprint density at radius 3 is 2.48 bits per heavy atom. The van der Waals surface area contributed by atoms with E-state index in [1.165, 1.54) is 20.5 Å². The Labute approximate surface area is 169 Å². The first-order valence-electron chi connectivity index (χ1n) is 9.17. The minimum Gasteiger partial charge on any atom is -0.453 e. The minimum atomic E-state index is -3.06. The molecule has 1 aliphatic rings.